The van der Waals surface area contributed by atoms with Crippen molar-refractivity contribution in [1.82, 2.24) is 4.90 Å². The molecule has 0 saturated carbocycles. The number of aliphatic carboxylic acids is 1. The molecule has 0 aromatic carbocycles. The standard InChI is InChI=1S/C11H18N2O3/c1-4-13(7-5-6-12)10(14)8(2)9(3)11(15)16/h8-9H,4-5,7H2,1-3H3,(H,15,16). The topological polar surface area (TPSA) is 81.4 Å². The van der Waals surface area contributed by atoms with Gasteiger partial charge in [0.25, 0.3) is 0 Å². The lowest BCUT2D eigenvalue weighted by Crippen LogP contribution is -2.39. The van der Waals surface area contributed by atoms with E-state index in [2.05, 4.69) is 0 Å². The molecule has 90 valence electrons. The quantitative estimate of drug-likeness (QED) is 0.735. The first-order valence-electron chi connectivity index (χ1n) is 5.34. The van der Waals surface area contributed by atoms with Gasteiger partial charge in [0.15, 0.2) is 0 Å². The maximum absolute atomic E-state index is 11.9. The fraction of sp³-hybridized carbons (Fsp3) is 0.727. The third-order valence-corrected chi connectivity index (χ3v) is 2.72. The van der Waals surface area contributed by atoms with Gasteiger partial charge in [0.2, 0.25) is 5.91 Å². The Labute approximate surface area is 95.7 Å². The number of carboxylic acid groups (broad SMARTS) is 1. The van der Waals surface area contributed by atoms with E-state index >= 15 is 0 Å². The Morgan fingerprint density at radius 2 is 1.94 bits per heavy atom. The lowest BCUT2D eigenvalue weighted by Gasteiger charge is -2.25. The molecule has 0 heterocycles. The number of hydrogen-bond donors (Lipinski definition) is 1. The van der Waals surface area contributed by atoms with Crippen LogP contribution in [0.1, 0.15) is 27.2 Å². The van der Waals surface area contributed by atoms with E-state index in [1.54, 1.807) is 6.92 Å². The Balaban J connectivity index is 4.50. The van der Waals surface area contributed by atoms with E-state index in [-0.39, 0.29) is 12.3 Å². The van der Waals surface area contributed by atoms with Crippen molar-refractivity contribution in [1.29, 1.82) is 5.26 Å². The first-order valence-corrected chi connectivity index (χ1v) is 5.34. The highest BCUT2D eigenvalue weighted by atomic mass is 16.4. The van der Waals surface area contributed by atoms with Gasteiger partial charge in [0, 0.05) is 19.0 Å². The number of nitriles is 1. The number of carbonyl (C=O) groups excluding carboxylic acids is 1. The highest BCUT2D eigenvalue weighted by molar-refractivity contribution is 5.84. The average Bonchev–Trinajstić information content (AvgIpc) is 2.27. The summed E-state index contributed by atoms with van der Waals surface area (Å²) >= 11 is 0. The van der Waals surface area contributed by atoms with Crippen molar-refractivity contribution in [2.24, 2.45) is 11.8 Å². The van der Waals surface area contributed by atoms with Gasteiger partial charge in [-0.25, -0.2) is 0 Å². The molecule has 0 aliphatic heterocycles. The fourth-order valence-electron chi connectivity index (χ4n) is 1.32. The molecule has 16 heavy (non-hydrogen) atoms. The minimum Gasteiger partial charge on any atom is -0.481 e. The molecule has 0 rings (SSSR count). The van der Waals surface area contributed by atoms with Gasteiger partial charge in [-0.2, -0.15) is 5.26 Å². The van der Waals surface area contributed by atoms with Crippen molar-refractivity contribution in [2.75, 3.05) is 13.1 Å². The van der Waals surface area contributed by atoms with Crippen LogP contribution < -0.4 is 0 Å². The third-order valence-electron chi connectivity index (χ3n) is 2.72. The van der Waals surface area contributed by atoms with E-state index < -0.39 is 17.8 Å². The van der Waals surface area contributed by atoms with Crippen molar-refractivity contribution in [2.45, 2.75) is 27.2 Å². The maximum Gasteiger partial charge on any atom is 0.307 e. The molecule has 0 fully saturated rings. The molecule has 0 spiro atoms. The lowest BCUT2D eigenvalue weighted by molar-refractivity contribution is -0.149. The molecule has 0 aromatic heterocycles. The molecular weight excluding hydrogens is 208 g/mol. The molecule has 0 saturated heterocycles. The van der Waals surface area contributed by atoms with Crippen molar-refractivity contribution >= 4 is 11.9 Å². The van der Waals surface area contributed by atoms with Crippen molar-refractivity contribution < 1.29 is 14.7 Å². The molecule has 2 atom stereocenters. The predicted octanol–water partition coefficient (Wildman–Crippen LogP) is 1.11. The second kappa shape index (κ2) is 6.83. The highest BCUT2D eigenvalue weighted by Gasteiger charge is 2.28. The number of carboxylic acids is 1. The molecular formula is C11H18N2O3. The van der Waals surface area contributed by atoms with Crippen LogP contribution in [0, 0.1) is 23.2 Å². The summed E-state index contributed by atoms with van der Waals surface area (Å²) in [5.41, 5.74) is 0. The monoisotopic (exact) mass is 226 g/mol. The summed E-state index contributed by atoms with van der Waals surface area (Å²) in [5, 5.41) is 17.3. The first kappa shape index (κ1) is 14.4. The molecule has 1 N–H and O–H groups in total. The normalized spacial score (nSPS) is 13.6. The smallest absolute Gasteiger partial charge is 0.307 e. The summed E-state index contributed by atoms with van der Waals surface area (Å²) in [6.07, 6.45) is 0.272. The van der Waals surface area contributed by atoms with Crippen molar-refractivity contribution in [3.63, 3.8) is 0 Å². The summed E-state index contributed by atoms with van der Waals surface area (Å²) in [4.78, 5) is 24.1. The number of carbonyl (C=O) groups is 2. The van der Waals surface area contributed by atoms with E-state index in [4.69, 9.17) is 10.4 Å². The minimum absolute atomic E-state index is 0.201. The van der Waals surface area contributed by atoms with Gasteiger partial charge >= 0.3 is 5.97 Å². The summed E-state index contributed by atoms with van der Waals surface area (Å²) in [6.45, 7) is 5.80. The van der Waals surface area contributed by atoms with Gasteiger partial charge < -0.3 is 10.0 Å². The second-order valence-electron chi connectivity index (χ2n) is 3.74. The SMILES string of the molecule is CCN(CCC#N)C(=O)C(C)C(C)C(=O)O. The maximum atomic E-state index is 11.9. The van der Waals surface area contributed by atoms with E-state index in [0.29, 0.717) is 13.1 Å². The van der Waals surface area contributed by atoms with Crippen LogP contribution in [0.15, 0.2) is 0 Å². The van der Waals surface area contributed by atoms with Crippen LogP contribution in [-0.2, 0) is 9.59 Å². The van der Waals surface area contributed by atoms with E-state index in [9.17, 15) is 9.59 Å². The van der Waals surface area contributed by atoms with Gasteiger partial charge in [-0.1, -0.05) is 13.8 Å². The minimum atomic E-state index is -0.975. The molecule has 5 nitrogen and oxygen atoms in total. The zero-order valence-corrected chi connectivity index (χ0v) is 9.93. The Morgan fingerprint density at radius 3 is 2.31 bits per heavy atom. The van der Waals surface area contributed by atoms with Crippen LogP contribution in [0.5, 0.6) is 0 Å². The number of nitrogens with zero attached hydrogens (tertiary/aromatic N) is 2. The fourth-order valence-corrected chi connectivity index (χ4v) is 1.32. The Hall–Kier alpha value is -1.57. The van der Waals surface area contributed by atoms with Crippen LogP contribution >= 0.6 is 0 Å². The van der Waals surface area contributed by atoms with Gasteiger partial charge in [0.1, 0.15) is 0 Å². The molecule has 2 unspecified atom stereocenters. The van der Waals surface area contributed by atoms with Crippen LogP contribution in [0.3, 0.4) is 0 Å². The Bertz CT molecular complexity index is 296. The molecule has 0 aliphatic carbocycles. The molecule has 0 radical (unpaired) electrons. The third kappa shape index (κ3) is 3.89. The number of hydrogen-bond acceptors (Lipinski definition) is 3. The zero-order chi connectivity index (χ0) is 12.7. The van der Waals surface area contributed by atoms with Gasteiger partial charge in [0.05, 0.1) is 18.4 Å². The molecule has 5 heteroatoms. The van der Waals surface area contributed by atoms with Gasteiger partial charge in [-0.3, -0.25) is 9.59 Å². The van der Waals surface area contributed by atoms with Gasteiger partial charge in [-0.05, 0) is 6.92 Å². The van der Waals surface area contributed by atoms with Crippen LogP contribution in [0.2, 0.25) is 0 Å². The summed E-state index contributed by atoms with van der Waals surface area (Å²) in [6, 6.07) is 1.97. The Kier molecular flexibility index (Phi) is 6.16. The summed E-state index contributed by atoms with van der Waals surface area (Å²) in [5.74, 6) is -2.44. The largest absolute Gasteiger partial charge is 0.481 e. The van der Waals surface area contributed by atoms with E-state index in [0.717, 1.165) is 0 Å². The highest BCUT2D eigenvalue weighted by Crippen LogP contribution is 2.14. The van der Waals surface area contributed by atoms with Crippen LogP contribution in [0.4, 0.5) is 0 Å². The van der Waals surface area contributed by atoms with Crippen molar-refractivity contribution in [3.05, 3.63) is 0 Å². The summed E-state index contributed by atoms with van der Waals surface area (Å²) in [7, 11) is 0. The number of amides is 1. The zero-order valence-electron chi connectivity index (χ0n) is 9.93. The second-order valence-corrected chi connectivity index (χ2v) is 3.74. The molecule has 1 amide bonds. The molecule has 0 aliphatic rings. The van der Waals surface area contributed by atoms with Crippen LogP contribution in [0.25, 0.3) is 0 Å². The lowest BCUT2D eigenvalue weighted by atomic mass is 9.94. The molecule has 0 bridgehead atoms. The first-order chi connectivity index (χ1) is 7.45. The predicted molar refractivity (Wildman–Crippen MR) is 58.4 cm³/mol. The summed E-state index contributed by atoms with van der Waals surface area (Å²) < 4.78 is 0. The van der Waals surface area contributed by atoms with Crippen molar-refractivity contribution in [3.8, 4) is 6.07 Å². The van der Waals surface area contributed by atoms with E-state index in [1.165, 1.54) is 11.8 Å². The molecule has 0 aromatic rings. The number of rotatable bonds is 6. The Morgan fingerprint density at radius 1 is 1.38 bits per heavy atom. The van der Waals surface area contributed by atoms with E-state index in [1.807, 2.05) is 13.0 Å². The van der Waals surface area contributed by atoms with Crippen LogP contribution in [-0.4, -0.2) is 35.0 Å². The average molecular weight is 226 g/mol. The van der Waals surface area contributed by atoms with Gasteiger partial charge in [-0.15, -0.1) is 0 Å².